The minimum atomic E-state index is 0.834. The van der Waals surface area contributed by atoms with Crippen molar-refractivity contribution in [3.63, 3.8) is 0 Å². The van der Waals surface area contributed by atoms with E-state index in [9.17, 15) is 0 Å². The molecule has 0 saturated heterocycles. The number of hydrogen-bond donors (Lipinski definition) is 0. The van der Waals surface area contributed by atoms with Crippen LogP contribution in [0.15, 0.2) is 138 Å². The second-order valence-electron chi connectivity index (χ2n) is 15.4. The second kappa shape index (κ2) is 12.5. The summed E-state index contributed by atoms with van der Waals surface area (Å²) in [5, 5.41) is 6.82. The molecule has 10 aromatic rings. The third-order valence-corrected chi connectivity index (χ3v) is 11.4. The summed E-state index contributed by atoms with van der Waals surface area (Å²) in [5.41, 5.74) is 20.2. The monoisotopic (exact) mass is 708 g/mol. The van der Waals surface area contributed by atoms with Gasteiger partial charge < -0.3 is 4.42 Å². The van der Waals surface area contributed by atoms with Crippen LogP contribution >= 0.6 is 0 Å². The van der Waals surface area contributed by atoms with Crippen LogP contribution < -0.4 is 0 Å². The summed E-state index contributed by atoms with van der Waals surface area (Å²) < 4.78 is 6.44. The van der Waals surface area contributed by atoms with Crippen molar-refractivity contribution in [2.75, 3.05) is 0 Å². The second-order valence-corrected chi connectivity index (χ2v) is 15.4. The molecule has 0 spiro atoms. The predicted octanol–water partition coefficient (Wildman–Crippen LogP) is 14.4. The highest BCUT2D eigenvalue weighted by Crippen LogP contribution is 2.41. The molecular formula is C52H40N2O. The third-order valence-electron chi connectivity index (χ3n) is 11.4. The maximum atomic E-state index is 6.44. The number of furan rings is 1. The zero-order valence-electron chi connectivity index (χ0n) is 32.0. The van der Waals surface area contributed by atoms with E-state index in [0.717, 1.165) is 66.1 Å². The van der Waals surface area contributed by atoms with Crippen molar-refractivity contribution in [3.8, 4) is 44.6 Å². The zero-order valence-corrected chi connectivity index (χ0v) is 32.0. The molecule has 264 valence electrons. The number of hydrogen-bond acceptors (Lipinski definition) is 3. The molecule has 0 amide bonds. The molecule has 0 fully saturated rings. The van der Waals surface area contributed by atoms with E-state index in [2.05, 4.69) is 157 Å². The zero-order chi connectivity index (χ0) is 37.5. The molecule has 0 N–H and O–H groups in total. The molecule has 2 heterocycles. The molecule has 8 aromatic carbocycles. The van der Waals surface area contributed by atoms with Crippen molar-refractivity contribution in [3.05, 3.63) is 167 Å². The van der Waals surface area contributed by atoms with Crippen LogP contribution in [-0.2, 0) is 0 Å². The van der Waals surface area contributed by atoms with Crippen LogP contribution in [0.25, 0.3) is 99.2 Å². The Morgan fingerprint density at radius 3 is 1.64 bits per heavy atom. The summed E-state index contributed by atoms with van der Waals surface area (Å²) in [5.74, 6) is 0. The maximum Gasteiger partial charge on any atom is 0.143 e. The highest BCUT2D eigenvalue weighted by Gasteiger charge is 2.18. The Morgan fingerprint density at radius 2 is 0.982 bits per heavy atom. The fourth-order valence-corrected chi connectivity index (χ4v) is 9.27. The molecule has 0 saturated carbocycles. The van der Waals surface area contributed by atoms with E-state index in [1.165, 1.54) is 66.4 Å². The topological polar surface area (TPSA) is 38.9 Å². The van der Waals surface area contributed by atoms with E-state index < -0.39 is 0 Å². The van der Waals surface area contributed by atoms with E-state index in [-0.39, 0.29) is 0 Å². The van der Waals surface area contributed by atoms with E-state index in [1.807, 2.05) is 18.3 Å². The van der Waals surface area contributed by atoms with Gasteiger partial charge in [-0.1, -0.05) is 114 Å². The summed E-state index contributed by atoms with van der Waals surface area (Å²) >= 11 is 0. The first-order valence-corrected chi connectivity index (χ1v) is 19.1. The van der Waals surface area contributed by atoms with Gasteiger partial charge in [-0.15, -0.1) is 0 Å². The van der Waals surface area contributed by atoms with Crippen molar-refractivity contribution in [2.45, 2.75) is 41.5 Å². The summed E-state index contributed by atoms with van der Waals surface area (Å²) in [6.07, 6.45) is 1.95. The minimum absolute atomic E-state index is 0.834. The summed E-state index contributed by atoms with van der Waals surface area (Å²) in [7, 11) is 0. The fraction of sp³-hybridized carbons (Fsp3) is 0.115. The van der Waals surface area contributed by atoms with Gasteiger partial charge in [0, 0.05) is 32.7 Å². The van der Waals surface area contributed by atoms with Crippen LogP contribution in [0.1, 0.15) is 33.4 Å². The first kappa shape index (κ1) is 33.0. The lowest BCUT2D eigenvalue weighted by Gasteiger charge is -2.17. The van der Waals surface area contributed by atoms with Gasteiger partial charge in [-0.3, -0.25) is 4.98 Å². The van der Waals surface area contributed by atoms with Gasteiger partial charge in [0.15, 0.2) is 0 Å². The molecule has 10 rings (SSSR count). The molecule has 3 nitrogen and oxygen atoms in total. The SMILES string of the molecule is Cc1cc(C)c(-c2ccc3c4ccc(-c5c(C)cc(C)cc5C)cc4c4nc(-c5cccc(-c6cccc7c6oc6ccccc67)c5)cnc4c3c2)c(C)c1. The quantitative estimate of drug-likeness (QED) is 0.171. The standard InChI is InChI=1S/C52H40N2O/c1-29-21-31(3)48(32(4)22-29)37-17-19-40-41-20-18-38(49-33(5)23-30(2)24-34(49)6)27-45(41)51-50(44(40)26-37)53-28-46(54-51)36-12-9-11-35(25-36)39-14-10-15-43-42-13-7-8-16-47(42)55-52(39)43/h7-28H,1-6H3. The Bertz CT molecular complexity index is 3170. The highest BCUT2D eigenvalue weighted by atomic mass is 16.3. The number of para-hydroxylation sites is 2. The Labute approximate surface area is 320 Å². The number of fused-ring (bicyclic) bond motifs is 9. The van der Waals surface area contributed by atoms with Crippen molar-refractivity contribution in [1.29, 1.82) is 0 Å². The molecule has 0 unspecified atom stereocenters. The fourth-order valence-electron chi connectivity index (χ4n) is 9.27. The number of benzene rings is 8. The molecule has 0 atom stereocenters. The summed E-state index contributed by atoms with van der Waals surface area (Å²) in [6, 6.07) is 46.1. The van der Waals surface area contributed by atoms with E-state index >= 15 is 0 Å². The molecule has 55 heavy (non-hydrogen) atoms. The molecule has 0 aliphatic heterocycles. The lowest BCUT2D eigenvalue weighted by atomic mass is 9.89. The number of aryl methyl sites for hydroxylation is 6. The van der Waals surface area contributed by atoms with Gasteiger partial charge in [0.25, 0.3) is 0 Å². The van der Waals surface area contributed by atoms with Crippen LogP contribution in [0.2, 0.25) is 0 Å². The smallest absolute Gasteiger partial charge is 0.143 e. The van der Waals surface area contributed by atoms with Gasteiger partial charge in [0.1, 0.15) is 11.2 Å². The molecule has 0 bridgehead atoms. The van der Waals surface area contributed by atoms with Gasteiger partial charge in [-0.25, -0.2) is 4.98 Å². The number of rotatable bonds is 4. The van der Waals surface area contributed by atoms with Crippen LogP contribution in [0, 0.1) is 41.5 Å². The largest absolute Gasteiger partial charge is 0.455 e. The van der Waals surface area contributed by atoms with Crippen molar-refractivity contribution >= 4 is 54.5 Å². The van der Waals surface area contributed by atoms with Crippen molar-refractivity contribution in [1.82, 2.24) is 9.97 Å². The van der Waals surface area contributed by atoms with Crippen LogP contribution in [-0.4, -0.2) is 9.97 Å². The van der Waals surface area contributed by atoms with Gasteiger partial charge >= 0.3 is 0 Å². The summed E-state index contributed by atoms with van der Waals surface area (Å²) in [4.78, 5) is 10.8. The molecule has 0 aliphatic rings. The van der Waals surface area contributed by atoms with Crippen molar-refractivity contribution in [2.24, 2.45) is 0 Å². The minimum Gasteiger partial charge on any atom is -0.455 e. The van der Waals surface area contributed by atoms with Crippen LogP contribution in [0.5, 0.6) is 0 Å². The van der Waals surface area contributed by atoms with Crippen LogP contribution in [0.3, 0.4) is 0 Å². The van der Waals surface area contributed by atoms with E-state index in [4.69, 9.17) is 14.4 Å². The molecule has 3 heteroatoms. The van der Waals surface area contributed by atoms with Gasteiger partial charge in [-0.2, -0.15) is 0 Å². The lowest BCUT2D eigenvalue weighted by Crippen LogP contribution is -1.95. The highest BCUT2D eigenvalue weighted by molar-refractivity contribution is 6.24. The molecular weight excluding hydrogens is 669 g/mol. The summed E-state index contributed by atoms with van der Waals surface area (Å²) in [6.45, 7) is 13.2. The Hall–Kier alpha value is -6.58. The van der Waals surface area contributed by atoms with Gasteiger partial charge in [-0.05, 0) is 127 Å². The van der Waals surface area contributed by atoms with E-state index in [1.54, 1.807) is 0 Å². The molecule has 0 radical (unpaired) electrons. The average Bonchev–Trinajstić information content (AvgIpc) is 3.56. The Balaban J connectivity index is 1.21. The predicted molar refractivity (Wildman–Crippen MR) is 232 cm³/mol. The van der Waals surface area contributed by atoms with Gasteiger partial charge in [0.05, 0.1) is 22.9 Å². The number of nitrogens with zero attached hydrogens (tertiary/aromatic N) is 2. The van der Waals surface area contributed by atoms with Crippen LogP contribution in [0.4, 0.5) is 0 Å². The Morgan fingerprint density at radius 1 is 0.418 bits per heavy atom. The normalized spacial score (nSPS) is 11.8. The third kappa shape index (κ3) is 5.33. The van der Waals surface area contributed by atoms with Gasteiger partial charge in [0.2, 0.25) is 0 Å². The Kier molecular flexibility index (Phi) is 7.50. The first-order chi connectivity index (χ1) is 26.7. The van der Waals surface area contributed by atoms with Crippen molar-refractivity contribution < 1.29 is 4.42 Å². The van der Waals surface area contributed by atoms with E-state index in [0.29, 0.717) is 0 Å². The maximum absolute atomic E-state index is 6.44. The molecule has 2 aromatic heterocycles. The average molecular weight is 709 g/mol. The molecule has 0 aliphatic carbocycles. The lowest BCUT2D eigenvalue weighted by molar-refractivity contribution is 0.670. The number of aromatic nitrogens is 2. The first-order valence-electron chi connectivity index (χ1n) is 19.1.